The van der Waals surface area contributed by atoms with Crippen molar-refractivity contribution >= 4 is 5.91 Å². The minimum absolute atomic E-state index is 0.401. The second kappa shape index (κ2) is 5.21. The Hall–Kier alpha value is -1.56. The average molecular weight is 272 g/mol. The number of nitrogens with zero attached hydrogens (tertiary/aromatic N) is 1. The summed E-state index contributed by atoms with van der Waals surface area (Å²) in [7, 11) is 0. The molecule has 0 radical (unpaired) electrons. The molecule has 1 saturated heterocycles. The SMILES string of the molecule is CC1NC(Cc2ccccc2)C(=O)N1CC(F)(F)F. The number of rotatable bonds is 3. The van der Waals surface area contributed by atoms with Crippen molar-refractivity contribution in [2.24, 2.45) is 0 Å². The molecule has 2 atom stereocenters. The van der Waals surface area contributed by atoms with Gasteiger partial charge in [0.1, 0.15) is 6.54 Å². The quantitative estimate of drug-likeness (QED) is 0.912. The van der Waals surface area contributed by atoms with Crippen molar-refractivity contribution in [3.63, 3.8) is 0 Å². The molecule has 0 spiro atoms. The van der Waals surface area contributed by atoms with E-state index in [1.165, 1.54) is 0 Å². The highest BCUT2D eigenvalue weighted by Gasteiger charge is 2.42. The van der Waals surface area contributed by atoms with E-state index in [4.69, 9.17) is 0 Å². The summed E-state index contributed by atoms with van der Waals surface area (Å²) in [6.07, 6.45) is -4.56. The van der Waals surface area contributed by atoms with E-state index in [1.807, 2.05) is 30.3 Å². The van der Waals surface area contributed by atoms with E-state index in [0.29, 0.717) is 6.42 Å². The van der Waals surface area contributed by atoms with Gasteiger partial charge in [0, 0.05) is 0 Å². The molecule has 0 aliphatic carbocycles. The molecule has 0 bridgehead atoms. The van der Waals surface area contributed by atoms with Crippen LogP contribution in [0.2, 0.25) is 0 Å². The van der Waals surface area contributed by atoms with Crippen molar-refractivity contribution in [1.29, 1.82) is 0 Å². The Balaban J connectivity index is 2.04. The van der Waals surface area contributed by atoms with Crippen molar-refractivity contribution < 1.29 is 18.0 Å². The lowest BCUT2D eigenvalue weighted by Gasteiger charge is -2.22. The fourth-order valence-electron chi connectivity index (χ4n) is 2.25. The van der Waals surface area contributed by atoms with Gasteiger partial charge in [0.2, 0.25) is 5.91 Å². The maximum Gasteiger partial charge on any atom is 0.406 e. The van der Waals surface area contributed by atoms with Gasteiger partial charge in [-0.2, -0.15) is 13.2 Å². The van der Waals surface area contributed by atoms with Crippen LogP contribution in [-0.4, -0.2) is 35.7 Å². The van der Waals surface area contributed by atoms with Crippen LogP contribution in [0, 0.1) is 0 Å². The highest BCUT2D eigenvalue weighted by Crippen LogP contribution is 2.22. The summed E-state index contributed by atoms with van der Waals surface area (Å²) in [6, 6.07) is 8.65. The van der Waals surface area contributed by atoms with Gasteiger partial charge in [0.05, 0.1) is 12.2 Å². The number of carbonyl (C=O) groups excluding carboxylic acids is 1. The van der Waals surface area contributed by atoms with Gasteiger partial charge in [-0.15, -0.1) is 0 Å². The fraction of sp³-hybridized carbons (Fsp3) is 0.462. The molecule has 1 aromatic carbocycles. The largest absolute Gasteiger partial charge is 0.406 e. The van der Waals surface area contributed by atoms with Gasteiger partial charge >= 0.3 is 6.18 Å². The normalized spacial score (nSPS) is 24.0. The van der Waals surface area contributed by atoms with E-state index in [1.54, 1.807) is 6.92 Å². The zero-order valence-electron chi connectivity index (χ0n) is 10.4. The van der Waals surface area contributed by atoms with Crippen molar-refractivity contribution in [3.8, 4) is 0 Å². The zero-order chi connectivity index (χ0) is 14.0. The number of hydrogen-bond donors (Lipinski definition) is 1. The number of amides is 1. The molecule has 1 aliphatic rings. The Morgan fingerprint density at radius 1 is 1.26 bits per heavy atom. The number of nitrogens with one attached hydrogen (secondary N) is 1. The maximum atomic E-state index is 12.4. The Morgan fingerprint density at radius 3 is 2.47 bits per heavy atom. The molecule has 1 N–H and O–H groups in total. The second-order valence-electron chi connectivity index (χ2n) is 4.67. The predicted molar refractivity (Wildman–Crippen MR) is 64.3 cm³/mol. The van der Waals surface area contributed by atoms with Crippen LogP contribution in [0.15, 0.2) is 30.3 Å². The minimum atomic E-state index is -4.37. The third kappa shape index (κ3) is 3.47. The van der Waals surface area contributed by atoms with Crippen LogP contribution in [0.25, 0.3) is 0 Å². The summed E-state index contributed by atoms with van der Waals surface area (Å²) >= 11 is 0. The van der Waals surface area contributed by atoms with Gasteiger partial charge in [-0.05, 0) is 18.9 Å². The van der Waals surface area contributed by atoms with Crippen molar-refractivity contribution in [2.75, 3.05) is 6.54 Å². The average Bonchev–Trinajstić information content (AvgIpc) is 2.57. The van der Waals surface area contributed by atoms with Gasteiger partial charge in [0.15, 0.2) is 0 Å². The number of carbonyl (C=O) groups is 1. The summed E-state index contributed by atoms with van der Waals surface area (Å²) < 4.78 is 37.2. The number of hydrogen-bond acceptors (Lipinski definition) is 2. The highest BCUT2D eigenvalue weighted by molar-refractivity contribution is 5.84. The molecule has 1 fully saturated rings. The topological polar surface area (TPSA) is 32.3 Å². The fourth-order valence-corrected chi connectivity index (χ4v) is 2.25. The molecular formula is C13H15F3N2O. The molecule has 19 heavy (non-hydrogen) atoms. The minimum Gasteiger partial charge on any atom is -0.317 e. The van der Waals surface area contributed by atoms with Crippen molar-refractivity contribution in [1.82, 2.24) is 10.2 Å². The van der Waals surface area contributed by atoms with Crippen LogP contribution in [0.1, 0.15) is 12.5 Å². The lowest BCUT2D eigenvalue weighted by molar-refractivity contribution is -0.160. The van der Waals surface area contributed by atoms with Gasteiger partial charge in [-0.3, -0.25) is 10.1 Å². The van der Waals surface area contributed by atoms with E-state index >= 15 is 0 Å². The van der Waals surface area contributed by atoms with Crippen LogP contribution in [0.4, 0.5) is 13.2 Å². The highest BCUT2D eigenvalue weighted by atomic mass is 19.4. The lowest BCUT2D eigenvalue weighted by Crippen LogP contribution is -2.41. The van der Waals surface area contributed by atoms with Crippen LogP contribution >= 0.6 is 0 Å². The van der Waals surface area contributed by atoms with E-state index in [2.05, 4.69) is 5.32 Å². The van der Waals surface area contributed by atoms with E-state index < -0.39 is 30.8 Å². The summed E-state index contributed by atoms with van der Waals surface area (Å²) in [4.78, 5) is 12.8. The molecule has 3 nitrogen and oxygen atoms in total. The van der Waals surface area contributed by atoms with Gasteiger partial charge in [-0.1, -0.05) is 30.3 Å². The van der Waals surface area contributed by atoms with Crippen LogP contribution in [0.3, 0.4) is 0 Å². The standard InChI is InChI=1S/C13H15F3N2O/c1-9-17-11(7-10-5-3-2-4-6-10)12(19)18(9)8-13(14,15)16/h2-6,9,11,17H,7-8H2,1H3. The molecule has 6 heteroatoms. The predicted octanol–water partition coefficient (Wildman–Crippen LogP) is 1.94. The third-order valence-corrected chi connectivity index (χ3v) is 3.12. The summed E-state index contributed by atoms with van der Waals surface area (Å²) in [5.41, 5.74) is 0.925. The first kappa shape index (κ1) is 13.9. The smallest absolute Gasteiger partial charge is 0.317 e. The van der Waals surface area contributed by atoms with Crippen LogP contribution in [0.5, 0.6) is 0 Å². The first-order valence-corrected chi connectivity index (χ1v) is 6.04. The van der Waals surface area contributed by atoms with Gasteiger partial charge in [-0.25, -0.2) is 0 Å². The molecule has 2 unspecified atom stereocenters. The Bertz CT molecular complexity index is 447. The Morgan fingerprint density at radius 2 is 1.89 bits per heavy atom. The molecule has 2 rings (SSSR count). The van der Waals surface area contributed by atoms with E-state index in [0.717, 1.165) is 10.5 Å². The van der Waals surface area contributed by atoms with E-state index in [9.17, 15) is 18.0 Å². The number of halogens is 3. The molecular weight excluding hydrogens is 257 g/mol. The Labute approximate surface area is 109 Å². The van der Waals surface area contributed by atoms with Crippen molar-refractivity contribution in [2.45, 2.75) is 31.7 Å². The summed E-state index contributed by atoms with van der Waals surface area (Å²) in [5.74, 6) is -0.492. The zero-order valence-corrected chi connectivity index (χ0v) is 10.4. The molecule has 0 aromatic heterocycles. The maximum absolute atomic E-state index is 12.4. The molecule has 1 aliphatic heterocycles. The molecule has 104 valence electrons. The van der Waals surface area contributed by atoms with Crippen molar-refractivity contribution in [3.05, 3.63) is 35.9 Å². The van der Waals surface area contributed by atoms with E-state index in [-0.39, 0.29) is 0 Å². The first-order valence-electron chi connectivity index (χ1n) is 6.04. The van der Waals surface area contributed by atoms with Crippen LogP contribution in [-0.2, 0) is 11.2 Å². The molecule has 1 heterocycles. The van der Waals surface area contributed by atoms with Crippen LogP contribution < -0.4 is 5.32 Å². The summed E-state index contributed by atoms with van der Waals surface area (Å²) in [6.45, 7) is 0.361. The van der Waals surface area contributed by atoms with Gasteiger partial charge < -0.3 is 4.90 Å². The monoisotopic (exact) mass is 272 g/mol. The number of alkyl halides is 3. The summed E-state index contributed by atoms with van der Waals surface area (Å²) in [5, 5.41) is 2.90. The third-order valence-electron chi connectivity index (χ3n) is 3.12. The molecule has 1 amide bonds. The number of benzene rings is 1. The first-order chi connectivity index (χ1) is 8.87. The molecule has 1 aromatic rings. The lowest BCUT2D eigenvalue weighted by atomic mass is 10.1. The second-order valence-corrected chi connectivity index (χ2v) is 4.67. The molecule has 0 saturated carbocycles. The Kier molecular flexibility index (Phi) is 3.80. The van der Waals surface area contributed by atoms with Gasteiger partial charge in [0.25, 0.3) is 0 Å².